The number of carbonyl (C=O) groups excluding carboxylic acids is 1. The van der Waals surface area contributed by atoms with Gasteiger partial charge in [0.2, 0.25) is 0 Å². The number of nitrogens with zero attached hydrogens (tertiary/aromatic N) is 1. The van der Waals surface area contributed by atoms with E-state index in [1.165, 1.54) is 0 Å². The molecule has 6 heteroatoms. The summed E-state index contributed by atoms with van der Waals surface area (Å²) in [6.07, 6.45) is 3.16. The Bertz CT molecular complexity index is 536. The van der Waals surface area contributed by atoms with Crippen molar-refractivity contribution in [1.82, 2.24) is 5.32 Å². The van der Waals surface area contributed by atoms with Crippen molar-refractivity contribution in [2.45, 2.75) is 25.4 Å². The monoisotopic (exact) mass is 318 g/mol. The molecule has 23 heavy (non-hydrogen) atoms. The van der Waals surface area contributed by atoms with Crippen LogP contribution in [0.15, 0.2) is 24.3 Å². The highest BCUT2D eigenvalue weighted by atomic mass is 16.5. The van der Waals surface area contributed by atoms with Gasteiger partial charge in [0.15, 0.2) is 6.61 Å². The molecule has 0 saturated carbocycles. The molecule has 1 aromatic rings. The fourth-order valence-corrected chi connectivity index (χ4v) is 2.27. The van der Waals surface area contributed by atoms with Crippen LogP contribution in [0.1, 0.15) is 24.8 Å². The summed E-state index contributed by atoms with van der Waals surface area (Å²) in [4.78, 5) is 11.7. The molecule has 1 amide bonds. The number of carbonyl (C=O) groups is 1. The van der Waals surface area contributed by atoms with E-state index in [4.69, 9.17) is 19.5 Å². The summed E-state index contributed by atoms with van der Waals surface area (Å²) in [6.45, 7) is 2.49. The first-order valence-corrected chi connectivity index (χ1v) is 7.87. The highest BCUT2D eigenvalue weighted by Gasteiger charge is 2.14. The molecule has 0 spiro atoms. The van der Waals surface area contributed by atoms with Crippen LogP contribution in [0.4, 0.5) is 0 Å². The van der Waals surface area contributed by atoms with E-state index >= 15 is 0 Å². The third kappa shape index (κ3) is 6.27. The van der Waals surface area contributed by atoms with Crippen LogP contribution >= 0.6 is 0 Å². The van der Waals surface area contributed by atoms with E-state index in [0.29, 0.717) is 31.1 Å². The number of nitriles is 1. The first-order chi connectivity index (χ1) is 11.3. The van der Waals surface area contributed by atoms with Crippen LogP contribution in [0.25, 0.3) is 0 Å². The van der Waals surface area contributed by atoms with E-state index in [2.05, 4.69) is 5.32 Å². The lowest BCUT2D eigenvalue weighted by atomic mass is 10.2. The Morgan fingerprint density at radius 1 is 1.43 bits per heavy atom. The van der Waals surface area contributed by atoms with E-state index in [-0.39, 0.29) is 18.6 Å². The second-order valence-corrected chi connectivity index (χ2v) is 5.31. The summed E-state index contributed by atoms with van der Waals surface area (Å²) in [5, 5.41) is 11.7. The summed E-state index contributed by atoms with van der Waals surface area (Å²) in [5.74, 6) is 0.210. The van der Waals surface area contributed by atoms with E-state index in [1.807, 2.05) is 6.07 Å². The standard InChI is InChI=1S/C17H22N2O4/c18-11-14-5-1-2-7-16(14)23-13-17(20)19-8-4-9-21-12-15-6-3-10-22-15/h1-2,5,7,15H,3-4,6,8-10,12-13H2,(H,19,20). The van der Waals surface area contributed by atoms with Gasteiger partial charge in [0.25, 0.3) is 5.91 Å². The van der Waals surface area contributed by atoms with Crippen molar-refractivity contribution in [1.29, 1.82) is 5.26 Å². The van der Waals surface area contributed by atoms with Gasteiger partial charge in [-0.2, -0.15) is 5.26 Å². The Morgan fingerprint density at radius 3 is 3.09 bits per heavy atom. The minimum absolute atomic E-state index is 0.102. The molecule has 1 aliphatic rings. The molecule has 1 atom stereocenters. The second kappa shape index (κ2) is 9.82. The van der Waals surface area contributed by atoms with Crippen molar-refractivity contribution >= 4 is 5.91 Å². The van der Waals surface area contributed by atoms with Gasteiger partial charge < -0.3 is 19.5 Å². The normalized spacial score (nSPS) is 16.7. The van der Waals surface area contributed by atoms with Crippen LogP contribution in [0.5, 0.6) is 5.75 Å². The van der Waals surface area contributed by atoms with Crippen molar-refractivity contribution in [2.24, 2.45) is 0 Å². The molecule has 0 aliphatic carbocycles. The molecule has 0 aromatic heterocycles. The Morgan fingerprint density at radius 2 is 2.30 bits per heavy atom. The lowest BCUT2D eigenvalue weighted by Gasteiger charge is -2.11. The SMILES string of the molecule is N#Cc1ccccc1OCC(=O)NCCCOCC1CCCO1. The molecule has 0 radical (unpaired) electrons. The minimum atomic E-state index is -0.211. The van der Waals surface area contributed by atoms with Gasteiger partial charge in [0, 0.05) is 19.8 Å². The minimum Gasteiger partial charge on any atom is -0.482 e. The maximum atomic E-state index is 11.7. The Hall–Kier alpha value is -2.10. The van der Waals surface area contributed by atoms with E-state index in [9.17, 15) is 4.79 Å². The Balaban J connectivity index is 1.52. The maximum absolute atomic E-state index is 11.7. The van der Waals surface area contributed by atoms with Crippen molar-refractivity contribution in [3.63, 3.8) is 0 Å². The quantitative estimate of drug-likeness (QED) is 0.700. The summed E-state index contributed by atoms with van der Waals surface area (Å²) in [7, 11) is 0. The lowest BCUT2D eigenvalue weighted by molar-refractivity contribution is -0.123. The molecule has 1 aliphatic heterocycles. The number of benzene rings is 1. The summed E-state index contributed by atoms with van der Waals surface area (Å²) < 4.78 is 16.3. The zero-order valence-corrected chi connectivity index (χ0v) is 13.1. The third-order valence-electron chi connectivity index (χ3n) is 3.48. The lowest BCUT2D eigenvalue weighted by Crippen LogP contribution is -2.30. The van der Waals surface area contributed by atoms with Crippen LogP contribution in [0.2, 0.25) is 0 Å². The molecular formula is C17H22N2O4. The summed E-state index contributed by atoms with van der Waals surface area (Å²) >= 11 is 0. The molecule has 6 nitrogen and oxygen atoms in total. The van der Waals surface area contributed by atoms with Gasteiger partial charge in [-0.1, -0.05) is 12.1 Å². The zero-order chi connectivity index (χ0) is 16.3. The molecule has 1 fully saturated rings. The zero-order valence-electron chi connectivity index (χ0n) is 13.1. The first-order valence-electron chi connectivity index (χ1n) is 7.87. The average Bonchev–Trinajstić information content (AvgIpc) is 3.09. The van der Waals surface area contributed by atoms with Gasteiger partial charge in [-0.25, -0.2) is 0 Å². The topological polar surface area (TPSA) is 80.6 Å². The van der Waals surface area contributed by atoms with Gasteiger partial charge in [-0.3, -0.25) is 4.79 Å². The molecular weight excluding hydrogens is 296 g/mol. The number of amides is 1. The van der Waals surface area contributed by atoms with Crippen molar-refractivity contribution < 1.29 is 19.0 Å². The van der Waals surface area contributed by atoms with Gasteiger partial charge in [-0.05, 0) is 31.4 Å². The molecule has 1 saturated heterocycles. The Labute approximate surface area is 136 Å². The van der Waals surface area contributed by atoms with Crippen LogP contribution in [0, 0.1) is 11.3 Å². The maximum Gasteiger partial charge on any atom is 0.257 e. The molecule has 0 bridgehead atoms. The number of hydrogen-bond donors (Lipinski definition) is 1. The predicted molar refractivity (Wildman–Crippen MR) is 84.1 cm³/mol. The van der Waals surface area contributed by atoms with Crippen LogP contribution in [-0.4, -0.2) is 45.0 Å². The van der Waals surface area contributed by atoms with E-state index in [1.54, 1.807) is 24.3 Å². The molecule has 1 unspecified atom stereocenters. The van der Waals surface area contributed by atoms with Crippen molar-refractivity contribution in [3.05, 3.63) is 29.8 Å². The van der Waals surface area contributed by atoms with Crippen LogP contribution in [-0.2, 0) is 14.3 Å². The van der Waals surface area contributed by atoms with Gasteiger partial charge in [0.05, 0.1) is 18.3 Å². The number of ether oxygens (including phenoxy) is 3. The Kier molecular flexibility index (Phi) is 7.37. The van der Waals surface area contributed by atoms with Gasteiger partial charge >= 0.3 is 0 Å². The number of rotatable bonds is 9. The van der Waals surface area contributed by atoms with Crippen molar-refractivity contribution in [3.8, 4) is 11.8 Å². The highest BCUT2D eigenvalue weighted by molar-refractivity contribution is 5.77. The first kappa shape index (κ1) is 17.3. The van der Waals surface area contributed by atoms with E-state index in [0.717, 1.165) is 25.9 Å². The van der Waals surface area contributed by atoms with Gasteiger partial charge in [0.1, 0.15) is 11.8 Å². The summed E-state index contributed by atoms with van der Waals surface area (Å²) in [6, 6.07) is 8.86. The second-order valence-electron chi connectivity index (χ2n) is 5.31. The number of hydrogen-bond acceptors (Lipinski definition) is 5. The van der Waals surface area contributed by atoms with Crippen molar-refractivity contribution in [2.75, 3.05) is 33.0 Å². The molecule has 1 aromatic carbocycles. The molecule has 1 N–H and O–H groups in total. The fraction of sp³-hybridized carbons (Fsp3) is 0.529. The molecule has 2 rings (SSSR count). The number of para-hydroxylation sites is 1. The predicted octanol–water partition coefficient (Wildman–Crippen LogP) is 1.64. The molecule has 124 valence electrons. The van der Waals surface area contributed by atoms with Gasteiger partial charge in [-0.15, -0.1) is 0 Å². The highest BCUT2D eigenvalue weighted by Crippen LogP contribution is 2.16. The largest absolute Gasteiger partial charge is 0.482 e. The third-order valence-corrected chi connectivity index (χ3v) is 3.48. The van der Waals surface area contributed by atoms with Crippen LogP contribution < -0.4 is 10.1 Å². The van der Waals surface area contributed by atoms with Crippen LogP contribution in [0.3, 0.4) is 0 Å². The number of nitrogens with one attached hydrogen (secondary N) is 1. The summed E-state index contributed by atoms with van der Waals surface area (Å²) in [5.41, 5.74) is 0.419. The molecule has 1 heterocycles. The smallest absolute Gasteiger partial charge is 0.257 e. The van der Waals surface area contributed by atoms with E-state index < -0.39 is 0 Å². The fourth-order valence-electron chi connectivity index (χ4n) is 2.27. The average molecular weight is 318 g/mol.